The third-order valence-corrected chi connectivity index (χ3v) is 3.44. The summed E-state index contributed by atoms with van der Waals surface area (Å²) in [5.41, 5.74) is 1.22. The second-order valence-electron chi connectivity index (χ2n) is 4.62. The van der Waals surface area contributed by atoms with E-state index in [0.29, 0.717) is 17.3 Å². The van der Waals surface area contributed by atoms with Gasteiger partial charge in [0.25, 0.3) is 0 Å². The van der Waals surface area contributed by atoms with Crippen molar-refractivity contribution in [1.29, 1.82) is 0 Å². The zero-order chi connectivity index (χ0) is 12.3. The number of morpholine rings is 1. The molecule has 17 heavy (non-hydrogen) atoms. The SMILES string of the molecule is CCC1COC(C)CN1Cc1ccnc(Cl)c1. The van der Waals surface area contributed by atoms with Crippen molar-refractivity contribution >= 4 is 11.6 Å². The van der Waals surface area contributed by atoms with Gasteiger partial charge in [-0.25, -0.2) is 4.98 Å². The smallest absolute Gasteiger partial charge is 0.129 e. The number of hydrogen-bond donors (Lipinski definition) is 0. The summed E-state index contributed by atoms with van der Waals surface area (Å²) in [6.07, 6.45) is 3.20. The molecule has 2 atom stereocenters. The van der Waals surface area contributed by atoms with Crippen LogP contribution in [0.25, 0.3) is 0 Å². The lowest BCUT2D eigenvalue weighted by Gasteiger charge is -2.38. The fourth-order valence-corrected chi connectivity index (χ4v) is 2.45. The van der Waals surface area contributed by atoms with Crippen molar-refractivity contribution < 1.29 is 4.74 Å². The number of rotatable bonds is 3. The van der Waals surface area contributed by atoms with E-state index < -0.39 is 0 Å². The van der Waals surface area contributed by atoms with E-state index in [2.05, 4.69) is 23.7 Å². The molecule has 1 aliphatic rings. The fraction of sp³-hybridized carbons (Fsp3) is 0.615. The van der Waals surface area contributed by atoms with Gasteiger partial charge in [0.1, 0.15) is 5.15 Å². The summed E-state index contributed by atoms with van der Waals surface area (Å²) in [7, 11) is 0. The standard InChI is InChI=1S/C13H19ClN2O/c1-3-12-9-17-10(2)7-16(12)8-11-4-5-15-13(14)6-11/h4-6,10,12H,3,7-9H2,1-2H3. The number of halogens is 1. The third kappa shape index (κ3) is 3.41. The first-order valence-electron chi connectivity index (χ1n) is 6.15. The first kappa shape index (κ1) is 12.8. The van der Waals surface area contributed by atoms with E-state index >= 15 is 0 Å². The molecule has 94 valence electrons. The van der Waals surface area contributed by atoms with Crippen LogP contribution >= 0.6 is 11.6 Å². The van der Waals surface area contributed by atoms with Gasteiger partial charge in [0, 0.05) is 25.3 Å². The molecule has 1 aromatic heterocycles. The van der Waals surface area contributed by atoms with Crippen LogP contribution in [0.4, 0.5) is 0 Å². The molecule has 2 rings (SSSR count). The fourth-order valence-electron chi connectivity index (χ4n) is 2.26. The lowest BCUT2D eigenvalue weighted by Crippen LogP contribution is -2.47. The van der Waals surface area contributed by atoms with E-state index in [4.69, 9.17) is 16.3 Å². The number of aromatic nitrogens is 1. The molecule has 1 fully saturated rings. The molecular weight excluding hydrogens is 236 g/mol. The van der Waals surface area contributed by atoms with E-state index in [-0.39, 0.29) is 0 Å². The molecule has 0 bridgehead atoms. The monoisotopic (exact) mass is 254 g/mol. The molecule has 0 spiro atoms. The predicted octanol–water partition coefficient (Wildman–Crippen LogP) is 2.73. The van der Waals surface area contributed by atoms with Crippen molar-refractivity contribution in [3.8, 4) is 0 Å². The van der Waals surface area contributed by atoms with Crippen molar-refractivity contribution in [3.63, 3.8) is 0 Å². The van der Waals surface area contributed by atoms with Gasteiger partial charge in [0.15, 0.2) is 0 Å². The van der Waals surface area contributed by atoms with Gasteiger partial charge in [-0.15, -0.1) is 0 Å². The third-order valence-electron chi connectivity index (χ3n) is 3.23. The largest absolute Gasteiger partial charge is 0.376 e. The molecule has 3 nitrogen and oxygen atoms in total. The number of nitrogens with zero attached hydrogens (tertiary/aromatic N) is 2. The summed E-state index contributed by atoms with van der Waals surface area (Å²) in [6, 6.07) is 4.48. The molecule has 1 aromatic rings. The van der Waals surface area contributed by atoms with Crippen LogP contribution in [0.2, 0.25) is 5.15 Å². The topological polar surface area (TPSA) is 25.4 Å². The normalized spacial score (nSPS) is 26.1. The van der Waals surface area contributed by atoms with Crippen LogP contribution in [0.3, 0.4) is 0 Å². The Balaban J connectivity index is 2.04. The lowest BCUT2D eigenvalue weighted by atomic mass is 10.1. The average Bonchev–Trinajstić information content (AvgIpc) is 2.29. The Morgan fingerprint density at radius 3 is 3.12 bits per heavy atom. The summed E-state index contributed by atoms with van der Waals surface area (Å²) in [4.78, 5) is 6.48. The van der Waals surface area contributed by atoms with Crippen LogP contribution in [0, 0.1) is 0 Å². The minimum atomic E-state index is 0.315. The Morgan fingerprint density at radius 1 is 1.59 bits per heavy atom. The quantitative estimate of drug-likeness (QED) is 0.776. The molecular formula is C13H19ClN2O. The highest BCUT2D eigenvalue weighted by molar-refractivity contribution is 6.29. The van der Waals surface area contributed by atoms with Gasteiger partial charge < -0.3 is 4.74 Å². The second-order valence-corrected chi connectivity index (χ2v) is 5.01. The van der Waals surface area contributed by atoms with Crippen molar-refractivity contribution in [3.05, 3.63) is 29.0 Å². The number of ether oxygens (including phenoxy) is 1. The minimum absolute atomic E-state index is 0.315. The molecule has 2 unspecified atom stereocenters. The Bertz CT molecular complexity index is 372. The summed E-state index contributed by atoms with van der Waals surface area (Å²) in [6.45, 7) is 7.07. The van der Waals surface area contributed by atoms with Crippen LogP contribution in [0.5, 0.6) is 0 Å². The average molecular weight is 255 g/mol. The molecule has 4 heteroatoms. The molecule has 1 saturated heterocycles. The van der Waals surface area contributed by atoms with Crippen LogP contribution in [-0.2, 0) is 11.3 Å². The summed E-state index contributed by atoms with van der Waals surface area (Å²) in [5, 5.41) is 0.567. The Labute approximate surface area is 108 Å². The highest BCUT2D eigenvalue weighted by atomic mass is 35.5. The lowest BCUT2D eigenvalue weighted by molar-refractivity contribution is -0.0592. The first-order chi connectivity index (χ1) is 8.19. The van der Waals surface area contributed by atoms with Crippen LogP contribution in [0.15, 0.2) is 18.3 Å². The van der Waals surface area contributed by atoms with Crippen LogP contribution in [0.1, 0.15) is 25.8 Å². The van der Waals surface area contributed by atoms with Gasteiger partial charge in [0.2, 0.25) is 0 Å². The van der Waals surface area contributed by atoms with Gasteiger partial charge in [0.05, 0.1) is 12.7 Å². The number of hydrogen-bond acceptors (Lipinski definition) is 3. The Kier molecular flexibility index (Phi) is 4.37. The molecule has 0 amide bonds. The molecule has 0 N–H and O–H groups in total. The van der Waals surface area contributed by atoms with Crippen molar-refractivity contribution in [2.45, 2.75) is 39.0 Å². The van der Waals surface area contributed by atoms with Gasteiger partial charge >= 0.3 is 0 Å². The van der Waals surface area contributed by atoms with Gasteiger partial charge in [-0.3, -0.25) is 4.90 Å². The van der Waals surface area contributed by atoms with E-state index in [0.717, 1.165) is 26.1 Å². The molecule has 2 heterocycles. The molecule has 0 saturated carbocycles. The van der Waals surface area contributed by atoms with Crippen LogP contribution in [-0.4, -0.2) is 35.2 Å². The van der Waals surface area contributed by atoms with Gasteiger partial charge in [-0.1, -0.05) is 18.5 Å². The van der Waals surface area contributed by atoms with Crippen molar-refractivity contribution in [2.24, 2.45) is 0 Å². The van der Waals surface area contributed by atoms with E-state index in [1.165, 1.54) is 5.56 Å². The maximum Gasteiger partial charge on any atom is 0.129 e. The zero-order valence-corrected chi connectivity index (χ0v) is 11.2. The summed E-state index contributed by atoms with van der Waals surface area (Å²) in [5.74, 6) is 0. The minimum Gasteiger partial charge on any atom is -0.376 e. The van der Waals surface area contributed by atoms with Gasteiger partial charge in [-0.2, -0.15) is 0 Å². The Hall–Kier alpha value is -0.640. The van der Waals surface area contributed by atoms with E-state index in [9.17, 15) is 0 Å². The number of pyridine rings is 1. The Morgan fingerprint density at radius 2 is 2.41 bits per heavy atom. The highest BCUT2D eigenvalue weighted by Gasteiger charge is 2.25. The van der Waals surface area contributed by atoms with Crippen molar-refractivity contribution in [1.82, 2.24) is 9.88 Å². The summed E-state index contributed by atoms with van der Waals surface area (Å²) < 4.78 is 5.69. The first-order valence-corrected chi connectivity index (χ1v) is 6.53. The van der Waals surface area contributed by atoms with E-state index in [1.807, 2.05) is 12.1 Å². The van der Waals surface area contributed by atoms with E-state index in [1.54, 1.807) is 6.20 Å². The maximum atomic E-state index is 5.91. The molecule has 1 aliphatic heterocycles. The molecule has 0 radical (unpaired) electrons. The highest BCUT2D eigenvalue weighted by Crippen LogP contribution is 2.18. The zero-order valence-electron chi connectivity index (χ0n) is 10.4. The molecule has 0 aliphatic carbocycles. The van der Waals surface area contributed by atoms with Crippen LogP contribution < -0.4 is 0 Å². The van der Waals surface area contributed by atoms with Gasteiger partial charge in [-0.05, 0) is 31.0 Å². The summed E-state index contributed by atoms with van der Waals surface area (Å²) >= 11 is 5.91. The second kappa shape index (κ2) is 5.80. The maximum absolute atomic E-state index is 5.91. The predicted molar refractivity (Wildman–Crippen MR) is 69.2 cm³/mol. The van der Waals surface area contributed by atoms with Crippen molar-refractivity contribution in [2.75, 3.05) is 13.2 Å². The molecule has 0 aromatic carbocycles.